The van der Waals surface area contributed by atoms with E-state index in [1.165, 1.54) is 0 Å². The zero-order chi connectivity index (χ0) is 12.7. The van der Waals surface area contributed by atoms with Crippen molar-refractivity contribution in [3.63, 3.8) is 0 Å². The van der Waals surface area contributed by atoms with Gasteiger partial charge in [-0.05, 0) is 19.0 Å². The van der Waals surface area contributed by atoms with Gasteiger partial charge in [-0.15, -0.1) is 6.58 Å². The van der Waals surface area contributed by atoms with Crippen molar-refractivity contribution in [1.82, 2.24) is 5.32 Å². The average molecular weight is 241 g/mol. The summed E-state index contributed by atoms with van der Waals surface area (Å²) in [4.78, 5) is 0. The van der Waals surface area contributed by atoms with Crippen LogP contribution in [0.25, 0.3) is 0 Å². The molecular weight excluding hydrogens is 224 g/mol. The minimum Gasteiger partial charge on any atom is -0.434 e. The summed E-state index contributed by atoms with van der Waals surface area (Å²) in [6.45, 7) is 3.58. The van der Waals surface area contributed by atoms with Crippen LogP contribution in [0.4, 0.5) is 8.78 Å². The van der Waals surface area contributed by atoms with E-state index in [-0.39, 0.29) is 11.8 Å². The lowest BCUT2D eigenvalue weighted by Gasteiger charge is -2.19. The first-order valence-corrected chi connectivity index (χ1v) is 5.57. The molecule has 1 aromatic carbocycles. The number of hydrogen-bond acceptors (Lipinski definition) is 2. The molecule has 1 atom stereocenters. The van der Waals surface area contributed by atoms with Crippen LogP contribution in [-0.4, -0.2) is 13.2 Å². The van der Waals surface area contributed by atoms with E-state index in [2.05, 4.69) is 16.6 Å². The largest absolute Gasteiger partial charge is 0.434 e. The molecule has 2 nitrogen and oxygen atoms in total. The maximum atomic E-state index is 12.3. The molecule has 94 valence electrons. The Morgan fingerprint density at radius 2 is 2.12 bits per heavy atom. The number of alkyl halides is 2. The highest BCUT2D eigenvalue weighted by atomic mass is 19.3. The Morgan fingerprint density at radius 1 is 1.41 bits per heavy atom. The molecule has 0 heterocycles. The van der Waals surface area contributed by atoms with E-state index in [1.807, 2.05) is 6.92 Å². The Bertz CT molecular complexity index is 355. The Balaban J connectivity index is 2.95. The van der Waals surface area contributed by atoms with Gasteiger partial charge in [0, 0.05) is 11.6 Å². The molecule has 0 bridgehead atoms. The van der Waals surface area contributed by atoms with Gasteiger partial charge in [-0.1, -0.05) is 31.2 Å². The summed E-state index contributed by atoms with van der Waals surface area (Å²) in [7, 11) is 0. The molecule has 17 heavy (non-hydrogen) atoms. The van der Waals surface area contributed by atoms with Crippen molar-refractivity contribution in [1.29, 1.82) is 0 Å². The zero-order valence-electron chi connectivity index (χ0n) is 9.83. The fourth-order valence-electron chi connectivity index (χ4n) is 1.71. The maximum Gasteiger partial charge on any atom is 0.387 e. The van der Waals surface area contributed by atoms with Gasteiger partial charge in [0.1, 0.15) is 5.75 Å². The first kappa shape index (κ1) is 13.6. The van der Waals surface area contributed by atoms with Crippen molar-refractivity contribution >= 4 is 0 Å². The Labute approximate surface area is 100 Å². The van der Waals surface area contributed by atoms with Gasteiger partial charge in [-0.25, -0.2) is 0 Å². The van der Waals surface area contributed by atoms with Crippen molar-refractivity contribution in [2.45, 2.75) is 26.0 Å². The fourth-order valence-corrected chi connectivity index (χ4v) is 1.71. The van der Waals surface area contributed by atoms with Crippen molar-refractivity contribution in [2.24, 2.45) is 0 Å². The minimum atomic E-state index is -2.80. The molecule has 0 spiro atoms. The number of para-hydroxylation sites is 1. The third kappa shape index (κ3) is 4.15. The Morgan fingerprint density at radius 3 is 2.71 bits per heavy atom. The van der Waals surface area contributed by atoms with Gasteiger partial charge < -0.3 is 10.1 Å². The third-order valence-corrected chi connectivity index (χ3v) is 2.36. The van der Waals surface area contributed by atoms with E-state index in [4.69, 9.17) is 0 Å². The molecule has 0 aliphatic heterocycles. The molecule has 0 radical (unpaired) electrons. The molecule has 0 aliphatic rings. The van der Waals surface area contributed by atoms with E-state index in [1.54, 1.807) is 30.3 Å². The molecular formula is C13H17F2NO. The second-order valence-corrected chi connectivity index (χ2v) is 3.55. The molecule has 1 unspecified atom stereocenters. The lowest BCUT2D eigenvalue weighted by molar-refractivity contribution is -0.0507. The summed E-state index contributed by atoms with van der Waals surface area (Å²) in [5, 5.41) is 3.22. The third-order valence-electron chi connectivity index (χ3n) is 2.36. The Hall–Kier alpha value is -1.42. The van der Waals surface area contributed by atoms with Gasteiger partial charge in [0.05, 0.1) is 0 Å². The van der Waals surface area contributed by atoms with Crippen molar-refractivity contribution in [3.8, 4) is 5.75 Å². The van der Waals surface area contributed by atoms with Crippen LogP contribution in [0.2, 0.25) is 0 Å². The van der Waals surface area contributed by atoms with Crippen LogP contribution in [0.1, 0.15) is 24.9 Å². The summed E-state index contributed by atoms with van der Waals surface area (Å²) in [6.07, 6.45) is 2.42. The topological polar surface area (TPSA) is 21.3 Å². The maximum absolute atomic E-state index is 12.3. The molecule has 0 fully saturated rings. The highest BCUT2D eigenvalue weighted by Gasteiger charge is 2.15. The molecule has 0 aliphatic carbocycles. The lowest BCUT2D eigenvalue weighted by atomic mass is 10.0. The van der Waals surface area contributed by atoms with Gasteiger partial charge in [-0.3, -0.25) is 0 Å². The standard InChI is InChI=1S/C13H17F2NO/c1-3-7-11(16-4-2)10-8-5-6-9-12(10)17-13(14)15/h3,5-6,8-9,11,13,16H,1,4,7H2,2H3. The van der Waals surface area contributed by atoms with Crippen LogP contribution in [0.3, 0.4) is 0 Å². The zero-order valence-corrected chi connectivity index (χ0v) is 9.83. The first-order chi connectivity index (χ1) is 8.19. The molecule has 1 aromatic rings. The van der Waals surface area contributed by atoms with E-state index in [9.17, 15) is 8.78 Å². The predicted octanol–water partition coefficient (Wildman–Crippen LogP) is 3.51. The molecule has 1 rings (SSSR count). The van der Waals surface area contributed by atoms with E-state index in [0.717, 1.165) is 12.1 Å². The van der Waals surface area contributed by atoms with Gasteiger partial charge >= 0.3 is 6.61 Å². The highest BCUT2D eigenvalue weighted by Crippen LogP contribution is 2.28. The number of halogens is 2. The van der Waals surface area contributed by atoms with Crippen molar-refractivity contribution in [2.75, 3.05) is 6.54 Å². The molecule has 1 N–H and O–H groups in total. The monoisotopic (exact) mass is 241 g/mol. The first-order valence-electron chi connectivity index (χ1n) is 5.57. The molecule has 0 aromatic heterocycles. The number of benzene rings is 1. The number of ether oxygens (including phenoxy) is 1. The lowest BCUT2D eigenvalue weighted by Crippen LogP contribution is -2.21. The van der Waals surface area contributed by atoms with Crippen LogP contribution in [0, 0.1) is 0 Å². The number of hydrogen-bond donors (Lipinski definition) is 1. The molecule has 0 saturated heterocycles. The van der Waals surface area contributed by atoms with Crippen molar-refractivity contribution < 1.29 is 13.5 Å². The predicted molar refractivity (Wildman–Crippen MR) is 64.3 cm³/mol. The number of nitrogens with one attached hydrogen (secondary N) is 1. The highest BCUT2D eigenvalue weighted by molar-refractivity contribution is 5.36. The van der Waals surface area contributed by atoms with Gasteiger partial charge in [-0.2, -0.15) is 8.78 Å². The summed E-state index contributed by atoms with van der Waals surface area (Å²) in [5.74, 6) is 0.218. The van der Waals surface area contributed by atoms with Crippen molar-refractivity contribution in [3.05, 3.63) is 42.5 Å². The van der Waals surface area contributed by atoms with E-state index >= 15 is 0 Å². The van der Waals surface area contributed by atoms with Crippen LogP contribution in [0.5, 0.6) is 5.75 Å². The second-order valence-electron chi connectivity index (χ2n) is 3.55. The van der Waals surface area contributed by atoms with Gasteiger partial charge in [0.15, 0.2) is 0 Å². The van der Waals surface area contributed by atoms with Gasteiger partial charge in [0.2, 0.25) is 0 Å². The molecule has 4 heteroatoms. The van der Waals surface area contributed by atoms with Crippen LogP contribution in [-0.2, 0) is 0 Å². The summed E-state index contributed by atoms with van der Waals surface area (Å²) < 4.78 is 29.1. The normalized spacial score (nSPS) is 12.5. The van der Waals surface area contributed by atoms with E-state index < -0.39 is 6.61 Å². The summed E-state index contributed by atoms with van der Waals surface area (Å²) in [6, 6.07) is 6.77. The van der Waals surface area contributed by atoms with Crippen LogP contribution in [0.15, 0.2) is 36.9 Å². The Kier molecular flexibility index (Phi) is 5.63. The second kappa shape index (κ2) is 7.01. The quantitative estimate of drug-likeness (QED) is 0.737. The van der Waals surface area contributed by atoms with Gasteiger partial charge in [0.25, 0.3) is 0 Å². The SMILES string of the molecule is C=CCC(NCC)c1ccccc1OC(F)F. The summed E-state index contributed by atoms with van der Waals surface area (Å²) in [5.41, 5.74) is 0.731. The molecule has 0 amide bonds. The fraction of sp³-hybridized carbons (Fsp3) is 0.385. The number of rotatable bonds is 7. The van der Waals surface area contributed by atoms with Crippen LogP contribution < -0.4 is 10.1 Å². The smallest absolute Gasteiger partial charge is 0.387 e. The summed E-state index contributed by atoms with van der Waals surface area (Å²) >= 11 is 0. The average Bonchev–Trinajstić information content (AvgIpc) is 2.29. The van der Waals surface area contributed by atoms with E-state index in [0.29, 0.717) is 6.42 Å². The molecule has 0 saturated carbocycles. The van der Waals surface area contributed by atoms with Crippen LogP contribution >= 0.6 is 0 Å². The minimum absolute atomic E-state index is 0.0487.